The Morgan fingerprint density at radius 2 is 1.34 bits per heavy atom. The number of hydrogen-bond donors (Lipinski definition) is 0. The Labute approximate surface area is 215 Å². The second-order valence-electron chi connectivity index (χ2n) is 9.33. The van der Waals surface area contributed by atoms with Crippen LogP contribution in [0.4, 0.5) is 10.1 Å². The topological polar surface area (TPSA) is 87.2 Å². The molecule has 3 aliphatic heterocycles. The summed E-state index contributed by atoms with van der Waals surface area (Å²) < 4.78 is 14.3. The molecule has 0 saturated carbocycles. The Morgan fingerprint density at radius 3 is 2.00 bits per heavy atom. The van der Waals surface area contributed by atoms with Gasteiger partial charge in [0.1, 0.15) is 11.7 Å². The Morgan fingerprint density at radius 1 is 0.684 bits per heavy atom. The van der Waals surface area contributed by atoms with E-state index in [1.54, 1.807) is 66.7 Å². The van der Waals surface area contributed by atoms with Gasteiger partial charge in [-0.3, -0.25) is 24.0 Å². The van der Waals surface area contributed by atoms with Crippen molar-refractivity contribution in [2.45, 2.75) is 12.1 Å². The van der Waals surface area contributed by atoms with Crippen molar-refractivity contribution in [3.05, 3.63) is 114 Å². The molecule has 4 aromatic rings. The van der Waals surface area contributed by atoms with Crippen LogP contribution >= 0.6 is 0 Å². The van der Waals surface area contributed by atoms with Gasteiger partial charge in [0.25, 0.3) is 23.6 Å². The first-order valence-electron chi connectivity index (χ1n) is 12.0. The summed E-state index contributed by atoms with van der Waals surface area (Å²) in [4.78, 5) is 60.8. The molecule has 4 aromatic carbocycles. The highest BCUT2D eigenvalue weighted by atomic mass is 19.1. The van der Waals surface area contributed by atoms with Crippen LogP contribution in [0.1, 0.15) is 32.3 Å². The molecular weight excluding hydrogens is 489 g/mol. The van der Waals surface area contributed by atoms with Crippen LogP contribution < -0.4 is 5.06 Å². The third-order valence-electron chi connectivity index (χ3n) is 7.24. The predicted octanol–water partition coefficient (Wildman–Crippen LogP) is 4.04. The Kier molecular flexibility index (Phi) is 4.73. The molecule has 38 heavy (non-hydrogen) atoms. The van der Waals surface area contributed by atoms with Gasteiger partial charge in [-0.2, -0.15) is 10.0 Å². The molecule has 186 valence electrons. The summed E-state index contributed by atoms with van der Waals surface area (Å²) in [7, 11) is 0. The summed E-state index contributed by atoms with van der Waals surface area (Å²) in [6.45, 7) is 0. The molecule has 2 fully saturated rings. The van der Waals surface area contributed by atoms with Crippen LogP contribution in [0.5, 0.6) is 0 Å². The van der Waals surface area contributed by atoms with Crippen LogP contribution in [0.25, 0.3) is 10.8 Å². The standard InChI is InChI=1S/C29H18FN3O5/c30-18-10-4-9-17(15-18)24-23-25(38-33(24)19-11-2-1-3-12-19)29(37)32(28(23)36)31-26(34)20-13-5-7-16-8-6-14-21(22(16)20)27(31)35/h1-15,23-25H/t23-,24-,25+/m1/s1. The molecule has 0 unspecified atom stereocenters. The maximum Gasteiger partial charge on any atom is 0.281 e. The van der Waals surface area contributed by atoms with Gasteiger partial charge >= 0.3 is 0 Å². The molecule has 0 bridgehead atoms. The molecule has 7 rings (SSSR count). The van der Waals surface area contributed by atoms with E-state index in [4.69, 9.17) is 4.84 Å². The average Bonchev–Trinajstić information content (AvgIpc) is 3.44. The van der Waals surface area contributed by atoms with Crippen LogP contribution in [0.2, 0.25) is 0 Å². The fourth-order valence-corrected chi connectivity index (χ4v) is 5.62. The molecule has 3 heterocycles. The Bertz CT molecular complexity index is 1640. The second-order valence-corrected chi connectivity index (χ2v) is 9.33. The lowest BCUT2D eigenvalue weighted by Gasteiger charge is -2.34. The van der Waals surface area contributed by atoms with Crippen LogP contribution in [-0.4, -0.2) is 39.8 Å². The number of hydrogen-bond acceptors (Lipinski definition) is 6. The van der Waals surface area contributed by atoms with Gasteiger partial charge in [0.2, 0.25) is 0 Å². The number of rotatable bonds is 3. The summed E-state index contributed by atoms with van der Waals surface area (Å²) in [5.74, 6) is -4.81. The number of benzene rings is 4. The minimum Gasteiger partial charge on any atom is -0.272 e. The number of halogens is 1. The van der Waals surface area contributed by atoms with Crippen molar-refractivity contribution in [1.29, 1.82) is 0 Å². The van der Waals surface area contributed by atoms with Gasteiger partial charge in [-0.1, -0.05) is 54.6 Å². The SMILES string of the molecule is O=C1c2cccc3cccc(c23)C(=O)N1N1C(=O)[C@H]2[C@H](ON(c3ccccc3)[C@@H]2c2cccc(F)c2)C1=O. The van der Waals surface area contributed by atoms with E-state index >= 15 is 0 Å². The number of fused-ring (bicyclic) bond motifs is 1. The zero-order chi connectivity index (χ0) is 26.1. The van der Waals surface area contributed by atoms with Gasteiger partial charge in [-0.15, -0.1) is 0 Å². The van der Waals surface area contributed by atoms with Crippen LogP contribution in [-0.2, 0) is 14.4 Å². The number of nitrogens with zero attached hydrogens (tertiary/aromatic N) is 3. The molecular formula is C29H18FN3O5. The fourth-order valence-electron chi connectivity index (χ4n) is 5.62. The van der Waals surface area contributed by atoms with Gasteiger partial charge in [-0.25, -0.2) is 9.45 Å². The molecule has 0 aliphatic carbocycles. The van der Waals surface area contributed by atoms with E-state index in [2.05, 4.69) is 0 Å². The predicted molar refractivity (Wildman–Crippen MR) is 133 cm³/mol. The summed E-state index contributed by atoms with van der Waals surface area (Å²) in [6, 6.07) is 23.7. The van der Waals surface area contributed by atoms with Crippen molar-refractivity contribution in [1.82, 2.24) is 10.0 Å². The van der Waals surface area contributed by atoms with Crippen molar-refractivity contribution in [3.8, 4) is 0 Å². The molecule has 8 nitrogen and oxygen atoms in total. The van der Waals surface area contributed by atoms with Crippen LogP contribution in [0.3, 0.4) is 0 Å². The zero-order valence-corrected chi connectivity index (χ0v) is 19.7. The van der Waals surface area contributed by atoms with E-state index in [0.29, 0.717) is 32.0 Å². The first-order valence-corrected chi connectivity index (χ1v) is 12.0. The van der Waals surface area contributed by atoms with E-state index in [-0.39, 0.29) is 11.1 Å². The van der Waals surface area contributed by atoms with Gasteiger partial charge < -0.3 is 0 Å². The lowest BCUT2D eigenvalue weighted by molar-refractivity contribution is -0.154. The number of hydroxylamine groups is 1. The second kappa shape index (κ2) is 8.06. The Balaban J connectivity index is 1.33. The van der Waals surface area contributed by atoms with E-state index in [1.807, 2.05) is 6.07 Å². The molecule has 0 N–H and O–H groups in total. The average molecular weight is 507 g/mol. The number of carbonyl (C=O) groups is 4. The van der Waals surface area contributed by atoms with Crippen molar-refractivity contribution in [3.63, 3.8) is 0 Å². The smallest absolute Gasteiger partial charge is 0.272 e. The first kappa shape index (κ1) is 22.3. The third kappa shape index (κ3) is 2.99. The van der Waals surface area contributed by atoms with Crippen molar-refractivity contribution < 1.29 is 28.4 Å². The molecule has 2 saturated heterocycles. The van der Waals surface area contributed by atoms with E-state index in [9.17, 15) is 23.6 Å². The van der Waals surface area contributed by atoms with E-state index < -0.39 is 47.5 Å². The zero-order valence-electron chi connectivity index (χ0n) is 19.7. The van der Waals surface area contributed by atoms with Gasteiger partial charge in [0.15, 0.2) is 6.10 Å². The Hall–Kier alpha value is -4.89. The highest BCUT2D eigenvalue weighted by molar-refractivity contribution is 6.27. The quantitative estimate of drug-likeness (QED) is 0.389. The molecule has 0 aromatic heterocycles. The molecule has 3 aliphatic rings. The van der Waals surface area contributed by atoms with Gasteiger partial charge in [0, 0.05) is 5.39 Å². The van der Waals surface area contributed by atoms with Gasteiger partial charge in [-0.05, 0) is 47.3 Å². The van der Waals surface area contributed by atoms with E-state index in [1.165, 1.54) is 23.3 Å². The van der Waals surface area contributed by atoms with Crippen molar-refractivity contribution in [2.24, 2.45) is 5.92 Å². The lowest BCUT2D eigenvalue weighted by Crippen LogP contribution is -2.55. The first-order chi connectivity index (χ1) is 18.5. The monoisotopic (exact) mass is 507 g/mol. The summed E-state index contributed by atoms with van der Waals surface area (Å²) >= 11 is 0. The molecule has 0 spiro atoms. The number of hydrazine groups is 1. The van der Waals surface area contributed by atoms with Crippen molar-refractivity contribution in [2.75, 3.05) is 5.06 Å². The summed E-state index contributed by atoms with van der Waals surface area (Å²) in [5.41, 5.74) is 1.40. The fraction of sp³-hybridized carbons (Fsp3) is 0.103. The highest BCUT2D eigenvalue weighted by Crippen LogP contribution is 2.47. The molecule has 9 heteroatoms. The third-order valence-corrected chi connectivity index (χ3v) is 7.24. The van der Waals surface area contributed by atoms with Crippen molar-refractivity contribution >= 4 is 40.1 Å². The normalized spacial score (nSPS) is 22.6. The number of amides is 4. The largest absolute Gasteiger partial charge is 0.281 e. The molecule has 3 atom stereocenters. The maximum absolute atomic E-state index is 14.3. The minimum absolute atomic E-state index is 0.212. The number of anilines is 1. The molecule has 0 radical (unpaired) electrons. The van der Waals surface area contributed by atoms with E-state index in [0.717, 1.165) is 0 Å². The van der Waals surface area contributed by atoms with Gasteiger partial charge in [0.05, 0.1) is 22.9 Å². The minimum atomic E-state index is -1.32. The number of para-hydroxylation sites is 1. The number of imide groups is 2. The van der Waals surface area contributed by atoms with Crippen LogP contribution in [0.15, 0.2) is 91.0 Å². The summed E-state index contributed by atoms with van der Waals surface area (Å²) in [6.07, 6.45) is -1.32. The van der Waals surface area contributed by atoms with Crippen LogP contribution in [0, 0.1) is 11.7 Å². The highest BCUT2D eigenvalue weighted by Gasteiger charge is 2.63. The lowest BCUT2D eigenvalue weighted by atomic mass is 9.90. The maximum atomic E-state index is 14.3. The summed E-state index contributed by atoms with van der Waals surface area (Å²) in [5, 5.41) is 3.81. The molecule has 4 amide bonds. The number of carbonyl (C=O) groups excluding carboxylic acids is 4.